The van der Waals surface area contributed by atoms with E-state index in [1.165, 1.54) is 0 Å². The first-order valence-corrected chi connectivity index (χ1v) is 5.00. The molecule has 1 aromatic rings. The molecule has 1 rings (SSSR count). The Morgan fingerprint density at radius 2 is 2.00 bits per heavy atom. The number of halogens is 1. The van der Waals surface area contributed by atoms with Gasteiger partial charge in [-0.2, -0.15) is 0 Å². The van der Waals surface area contributed by atoms with Gasteiger partial charge in [-0.25, -0.2) is 0 Å². The summed E-state index contributed by atoms with van der Waals surface area (Å²) in [5.74, 6) is 0.448. The van der Waals surface area contributed by atoms with Crippen LogP contribution in [0.15, 0.2) is 6.07 Å². The Hall–Kier alpha value is -0.870. The summed E-state index contributed by atoms with van der Waals surface area (Å²) in [4.78, 5) is 0. The second kappa shape index (κ2) is 4.77. The molecule has 1 aromatic heterocycles. The SMILES string of the molecule is COc1nnc(Cl)cc1COC(C)(C)C. The van der Waals surface area contributed by atoms with Gasteiger partial charge in [0.25, 0.3) is 0 Å². The summed E-state index contributed by atoms with van der Waals surface area (Å²) in [6.07, 6.45) is 0. The molecule has 0 saturated carbocycles. The fourth-order valence-electron chi connectivity index (χ4n) is 0.961. The van der Waals surface area contributed by atoms with Gasteiger partial charge in [-0.3, -0.25) is 0 Å². The Balaban J connectivity index is 2.79. The molecule has 0 amide bonds. The van der Waals surface area contributed by atoms with E-state index in [0.717, 1.165) is 5.56 Å². The Morgan fingerprint density at radius 3 is 2.53 bits per heavy atom. The normalized spacial score (nSPS) is 11.5. The zero-order chi connectivity index (χ0) is 11.5. The van der Waals surface area contributed by atoms with E-state index in [1.54, 1.807) is 13.2 Å². The minimum atomic E-state index is -0.208. The van der Waals surface area contributed by atoms with E-state index in [2.05, 4.69) is 10.2 Å². The molecule has 0 aromatic carbocycles. The highest BCUT2D eigenvalue weighted by Crippen LogP contribution is 2.20. The van der Waals surface area contributed by atoms with Crippen molar-refractivity contribution in [1.29, 1.82) is 0 Å². The van der Waals surface area contributed by atoms with Crippen molar-refractivity contribution in [1.82, 2.24) is 10.2 Å². The third-order valence-electron chi connectivity index (χ3n) is 1.66. The predicted molar refractivity (Wildman–Crippen MR) is 58.1 cm³/mol. The van der Waals surface area contributed by atoms with Gasteiger partial charge in [-0.1, -0.05) is 11.6 Å². The molecule has 0 fully saturated rings. The number of rotatable bonds is 3. The monoisotopic (exact) mass is 230 g/mol. The first-order valence-electron chi connectivity index (χ1n) is 4.62. The lowest BCUT2D eigenvalue weighted by Crippen LogP contribution is -2.19. The predicted octanol–water partition coefficient (Wildman–Crippen LogP) is 2.45. The summed E-state index contributed by atoms with van der Waals surface area (Å²) in [6.45, 7) is 6.35. The van der Waals surface area contributed by atoms with Crippen LogP contribution in [0.2, 0.25) is 5.15 Å². The first kappa shape index (κ1) is 12.2. The molecule has 0 aliphatic carbocycles. The Kier molecular flexibility index (Phi) is 3.88. The Morgan fingerprint density at radius 1 is 1.33 bits per heavy atom. The van der Waals surface area contributed by atoms with Crippen molar-refractivity contribution in [2.45, 2.75) is 33.0 Å². The maximum absolute atomic E-state index is 5.74. The van der Waals surface area contributed by atoms with Crippen molar-refractivity contribution in [2.24, 2.45) is 0 Å². The Bertz CT molecular complexity index is 337. The van der Waals surface area contributed by atoms with Crippen LogP contribution < -0.4 is 4.74 Å². The van der Waals surface area contributed by atoms with Crippen molar-refractivity contribution in [2.75, 3.05) is 7.11 Å². The number of hydrogen-bond acceptors (Lipinski definition) is 4. The van der Waals surface area contributed by atoms with Gasteiger partial charge in [-0.15, -0.1) is 10.2 Å². The fraction of sp³-hybridized carbons (Fsp3) is 0.600. The van der Waals surface area contributed by atoms with Crippen LogP contribution in [-0.4, -0.2) is 22.9 Å². The number of methoxy groups -OCH3 is 1. The van der Waals surface area contributed by atoms with Gasteiger partial charge in [0.2, 0.25) is 5.88 Å². The van der Waals surface area contributed by atoms with Crippen LogP contribution in [0.25, 0.3) is 0 Å². The van der Waals surface area contributed by atoms with Gasteiger partial charge in [0, 0.05) is 5.56 Å². The minimum absolute atomic E-state index is 0.208. The molecule has 0 saturated heterocycles. The van der Waals surface area contributed by atoms with Gasteiger partial charge < -0.3 is 9.47 Å². The largest absolute Gasteiger partial charge is 0.480 e. The molecule has 15 heavy (non-hydrogen) atoms. The third-order valence-corrected chi connectivity index (χ3v) is 1.84. The van der Waals surface area contributed by atoms with Crippen LogP contribution >= 0.6 is 11.6 Å². The topological polar surface area (TPSA) is 44.2 Å². The average Bonchev–Trinajstić information content (AvgIpc) is 2.14. The van der Waals surface area contributed by atoms with Crippen molar-refractivity contribution in [3.63, 3.8) is 0 Å². The lowest BCUT2D eigenvalue weighted by atomic mass is 10.2. The zero-order valence-electron chi connectivity index (χ0n) is 9.37. The molecule has 4 nitrogen and oxygen atoms in total. The van der Waals surface area contributed by atoms with E-state index in [-0.39, 0.29) is 5.60 Å². The fourth-order valence-corrected chi connectivity index (χ4v) is 1.13. The quantitative estimate of drug-likeness (QED) is 0.800. The number of aromatic nitrogens is 2. The van der Waals surface area contributed by atoms with Crippen LogP contribution in [0.4, 0.5) is 0 Å². The lowest BCUT2D eigenvalue weighted by Gasteiger charge is -2.19. The van der Waals surface area contributed by atoms with E-state index in [1.807, 2.05) is 20.8 Å². The van der Waals surface area contributed by atoms with E-state index >= 15 is 0 Å². The van der Waals surface area contributed by atoms with Crippen molar-refractivity contribution < 1.29 is 9.47 Å². The second-order valence-corrected chi connectivity index (χ2v) is 4.49. The second-order valence-electron chi connectivity index (χ2n) is 4.10. The molecule has 84 valence electrons. The van der Waals surface area contributed by atoms with Gasteiger partial charge in [0.15, 0.2) is 5.15 Å². The van der Waals surface area contributed by atoms with Crippen LogP contribution in [0.5, 0.6) is 5.88 Å². The smallest absolute Gasteiger partial charge is 0.238 e. The third kappa shape index (κ3) is 4.01. The van der Waals surface area contributed by atoms with Crippen molar-refractivity contribution in [3.05, 3.63) is 16.8 Å². The molecule has 0 unspecified atom stereocenters. The number of nitrogens with zero attached hydrogens (tertiary/aromatic N) is 2. The lowest BCUT2D eigenvalue weighted by molar-refractivity contribution is -0.0159. The summed E-state index contributed by atoms with van der Waals surface area (Å²) in [5, 5.41) is 7.84. The molecule has 0 atom stereocenters. The van der Waals surface area contributed by atoms with E-state index in [4.69, 9.17) is 21.1 Å². The maximum atomic E-state index is 5.74. The highest BCUT2D eigenvalue weighted by molar-refractivity contribution is 6.29. The number of ether oxygens (including phenoxy) is 2. The summed E-state index contributed by atoms with van der Waals surface area (Å²) < 4.78 is 10.7. The summed E-state index contributed by atoms with van der Waals surface area (Å²) >= 11 is 5.74. The van der Waals surface area contributed by atoms with E-state index < -0.39 is 0 Å². The summed E-state index contributed by atoms with van der Waals surface area (Å²) in [6, 6.07) is 1.69. The van der Waals surface area contributed by atoms with Crippen molar-refractivity contribution in [3.8, 4) is 5.88 Å². The van der Waals surface area contributed by atoms with Crippen molar-refractivity contribution >= 4 is 11.6 Å². The van der Waals surface area contributed by atoms with Crippen LogP contribution in [0.3, 0.4) is 0 Å². The van der Waals surface area contributed by atoms with Crippen LogP contribution in [-0.2, 0) is 11.3 Å². The Labute approximate surface area is 94.6 Å². The molecular weight excluding hydrogens is 216 g/mol. The summed E-state index contributed by atoms with van der Waals surface area (Å²) in [5.41, 5.74) is 0.591. The molecule has 5 heteroatoms. The highest BCUT2D eigenvalue weighted by atomic mass is 35.5. The molecular formula is C10H15ClN2O2. The maximum Gasteiger partial charge on any atom is 0.238 e. The number of hydrogen-bond donors (Lipinski definition) is 0. The molecule has 0 bridgehead atoms. The molecule has 0 N–H and O–H groups in total. The highest BCUT2D eigenvalue weighted by Gasteiger charge is 2.13. The first-order chi connectivity index (χ1) is 6.92. The standard InChI is InChI=1S/C10H15ClN2O2/c1-10(2,3)15-6-7-5-8(11)12-13-9(7)14-4/h5H,6H2,1-4H3. The van der Waals surface area contributed by atoms with Gasteiger partial charge in [0.05, 0.1) is 19.3 Å². The van der Waals surface area contributed by atoms with E-state index in [9.17, 15) is 0 Å². The molecule has 0 aliphatic heterocycles. The van der Waals surface area contributed by atoms with Gasteiger partial charge >= 0.3 is 0 Å². The average molecular weight is 231 g/mol. The molecule has 0 aliphatic rings. The molecule has 1 heterocycles. The van der Waals surface area contributed by atoms with Crippen LogP contribution in [0.1, 0.15) is 26.3 Å². The molecule has 0 spiro atoms. The summed E-state index contributed by atoms with van der Waals surface area (Å²) in [7, 11) is 1.54. The van der Waals surface area contributed by atoms with Gasteiger partial charge in [-0.05, 0) is 26.8 Å². The van der Waals surface area contributed by atoms with Gasteiger partial charge in [0.1, 0.15) is 0 Å². The van der Waals surface area contributed by atoms with E-state index in [0.29, 0.717) is 17.6 Å². The zero-order valence-corrected chi connectivity index (χ0v) is 10.1. The minimum Gasteiger partial charge on any atom is -0.480 e. The molecule has 0 radical (unpaired) electrons. The van der Waals surface area contributed by atoms with Crippen LogP contribution in [0, 0.1) is 0 Å².